The van der Waals surface area contributed by atoms with Crippen molar-refractivity contribution in [2.75, 3.05) is 32.8 Å². The topological polar surface area (TPSA) is 65.4 Å². The van der Waals surface area contributed by atoms with Crippen LogP contribution in [0.3, 0.4) is 0 Å². The summed E-state index contributed by atoms with van der Waals surface area (Å²) in [6, 6.07) is 1.81. The molecule has 0 aromatic heterocycles. The van der Waals surface area contributed by atoms with Crippen LogP contribution < -0.4 is 5.32 Å². The number of hydrogen-bond donors (Lipinski definition) is 1. The highest BCUT2D eigenvalue weighted by Gasteiger charge is 2.25. The van der Waals surface area contributed by atoms with E-state index in [1.54, 1.807) is 4.90 Å². The van der Waals surface area contributed by atoms with Gasteiger partial charge < -0.3 is 15.0 Å². The van der Waals surface area contributed by atoms with E-state index in [0.29, 0.717) is 32.7 Å². The summed E-state index contributed by atoms with van der Waals surface area (Å²) in [5.41, 5.74) is 0. The van der Waals surface area contributed by atoms with E-state index >= 15 is 0 Å². The van der Waals surface area contributed by atoms with E-state index in [4.69, 9.17) is 10.00 Å². The predicted octanol–water partition coefficient (Wildman–Crippen LogP) is 0.127. The van der Waals surface area contributed by atoms with Crippen molar-refractivity contribution in [3.8, 4) is 6.07 Å². The van der Waals surface area contributed by atoms with Gasteiger partial charge in [-0.15, -0.1) is 0 Å². The summed E-state index contributed by atoms with van der Waals surface area (Å²) >= 11 is 0. The molecule has 1 aliphatic rings. The van der Waals surface area contributed by atoms with Crippen LogP contribution in [0.15, 0.2) is 0 Å². The third-order valence-electron chi connectivity index (χ3n) is 2.52. The number of carbonyl (C=O) groups is 1. The van der Waals surface area contributed by atoms with Gasteiger partial charge in [-0.2, -0.15) is 5.26 Å². The number of nitrogens with zero attached hydrogens (tertiary/aromatic N) is 2. The van der Waals surface area contributed by atoms with Gasteiger partial charge in [0.15, 0.2) is 0 Å². The Hall–Kier alpha value is -1.12. The molecule has 5 nitrogen and oxygen atoms in total. The van der Waals surface area contributed by atoms with E-state index in [1.165, 1.54) is 0 Å². The average molecular weight is 225 g/mol. The number of rotatable bonds is 5. The normalized spacial score (nSPS) is 20.5. The molecule has 0 spiro atoms. The number of amides is 1. The van der Waals surface area contributed by atoms with Crippen molar-refractivity contribution < 1.29 is 9.53 Å². The minimum Gasteiger partial charge on any atom is -0.381 e. The molecule has 1 saturated heterocycles. The van der Waals surface area contributed by atoms with Crippen molar-refractivity contribution in [1.82, 2.24) is 10.2 Å². The first-order valence-electron chi connectivity index (χ1n) is 5.77. The molecule has 0 aromatic carbocycles. The average Bonchev–Trinajstić information content (AvgIpc) is 2.34. The van der Waals surface area contributed by atoms with Crippen molar-refractivity contribution in [2.24, 2.45) is 0 Å². The summed E-state index contributed by atoms with van der Waals surface area (Å²) in [4.78, 5) is 13.4. The van der Waals surface area contributed by atoms with Crippen molar-refractivity contribution in [3.63, 3.8) is 0 Å². The second-order valence-electron chi connectivity index (χ2n) is 3.80. The monoisotopic (exact) mass is 225 g/mol. The lowest BCUT2D eigenvalue weighted by atomic mass is 10.2. The lowest BCUT2D eigenvalue weighted by molar-refractivity contribution is -0.134. The molecule has 1 N–H and O–H groups in total. The van der Waals surface area contributed by atoms with Gasteiger partial charge in [0.2, 0.25) is 5.91 Å². The fourth-order valence-corrected chi connectivity index (χ4v) is 1.67. The van der Waals surface area contributed by atoms with Gasteiger partial charge in [0, 0.05) is 26.2 Å². The predicted molar refractivity (Wildman–Crippen MR) is 59.7 cm³/mol. The number of piperazine rings is 1. The van der Waals surface area contributed by atoms with Gasteiger partial charge in [0.05, 0.1) is 19.1 Å². The zero-order valence-corrected chi connectivity index (χ0v) is 9.74. The van der Waals surface area contributed by atoms with Crippen molar-refractivity contribution in [3.05, 3.63) is 0 Å². The van der Waals surface area contributed by atoms with E-state index in [-0.39, 0.29) is 11.9 Å². The standard InChI is InChI=1S/C11H19N3O2/c1-2-6-16-7-3-11(15)14-5-4-13-9-10(14)8-12/h10,13H,2-7,9H2,1H3. The lowest BCUT2D eigenvalue weighted by Crippen LogP contribution is -2.53. The Morgan fingerprint density at radius 3 is 3.12 bits per heavy atom. The molecule has 1 amide bonds. The second-order valence-corrected chi connectivity index (χ2v) is 3.80. The molecule has 0 bridgehead atoms. The highest BCUT2D eigenvalue weighted by atomic mass is 16.5. The molecule has 1 atom stereocenters. The van der Waals surface area contributed by atoms with E-state index in [0.717, 1.165) is 13.0 Å². The highest BCUT2D eigenvalue weighted by molar-refractivity contribution is 5.77. The summed E-state index contributed by atoms with van der Waals surface area (Å²) in [6.07, 6.45) is 1.33. The Bertz CT molecular complexity index is 262. The number of nitriles is 1. The largest absolute Gasteiger partial charge is 0.381 e. The van der Waals surface area contributed by atoms with Crippen LogP contribution in [0.5, 0.6) is 0 Å². The molecule has 5 heteroatoms. The zero-order chi connectivity index (χ0) is 11.8. The quantitative estimate of drug-likeness (QED) is 0.675. The van der Waals surface area contributed by atoms with Gasteiger partial charge in [-0.3, -0.25) is 4.79 Å². The summed E-state index contributed by atoms with van der Waals surface area (Å²) in [6.45, 7) is 5.12. The molecule has 0 aliphatic carbocycles. The Morgan fingerprint density at radius 1 is 1.62 bits per heavy atom. The van der Waals surface area contributed by atoms with Gasteiger partial charge in [-0.25, -0.2) is 0 Å². The van der Waals surface area contributed by atoms with Crippen LogP contribution in [-0.2, 0) is 9.53 Å². The van der Waals surface area contributed by atoms with Crippen LogP contribution in [0.25, 0.3) is 0 Å². The molecular weight excluding hydrogens is 206 g/mol. The van der Waals surface area contributed by atoms with Gasteiger partial charge in [0.1, 0.15) is 6.04 Å². The number of ether oxygens (including phenoxy) is 1. The SMILES string of the molecule is CCCOCCC(=O)N1CCNCC1C#N. The summed E-state index contributed by atoms with van der Waals surface area (Å²) in [5, 5.41) is 12.0. The maximum absolute atomic E-state index is 11.8. The molecule has 1 rings (SSSR count). The van der Waals surface area contributed by atoms with Gasteiger partial charge in [-0.05, 0) is 6.42 Å². The van der Waals surface area contributed by atoms with Crippen LogP contribution in [0, 0.1) is 11.3 Å². The molecule has 1 aliphatic heterocycles. The fraction of sp³-hybridized carbons (Fsp3) is 0.818. The van der Waals surface area contributed by atoms with Crippen LogP contribution in [0.4, 0.5) is 0 Å². The molecule has 0 aromatic rings. The van der Waals surface area contributed by atoms with E-state index < -0.39 is 0 Å². The van der Waals surface area contributed by atoms with Gasteiger partial charge >= 0.3 is 0 Å². The Kier molecular flexibility index (Phi) is 5.83. The third kappa shape index (κ3) is 3.80. The highest BCUT2D eigenvalue weighted by Crippen LogP contribution is 2.05. The van der Waals surface area contributed by atoms with Gasteiger partial charge in [0.25, 0.3) is 0 Å². The zero-order valence-electron chi connectivity index (χ0n) is 9.74. The molecule has 0 radical (unpaired) electrons. The maximum atomic E-state index is 11.8. The van der Waals surface area contributed by atoms with Crippen LogP contribution in [-0.4, -0.2) is 49.7 Å². The second kappa shape index (κ2) is 7.20. The van der Waals surface area contributed by atoms with E-state index in [9.17, 15) is 4.79 Å². The Balaban J connectivity index is 2.31. The summed E-state index contributed by atoms with van der Waals surface area (Å²) in [5.74, 6) is 0.0177. The minimum absolute atomic E-state index is 0.0177. The lowest BCUT2D eigenvalue weighted by Gasteiger charge is -2.32. The number of hydrogen-bond acceptors (Lipinski definition) is 4. The number of carbonyl (C=O) groups excluding carboxylic acids is 1. The van der Waals surface area contributed by atoms with E-state index in [1.807, 2.05) is 6.92 Å². The molecule has 16 heavy (non-hydrogen) atoms. The Labute approximate surface area is 96.4 Å². The summed E-state index contributed by atoms with van der Waals surface area (Å²) < 4.78 is 5.27. The minimum atomic E-state index is -0.326. The fourth-order valence-electron chi connectivity index (χ4n) is 1.67. The van der Waals surface area contributed by atoms with Crippen LogP contribution in [0.2, 0.25) is 0 Å². The molecule has 1 fully saturated rings. The molecule has 0 saturated carbocycles. The van der Waals surface area contributed by atoms with Crippen molar-refractivity contribution >= 4 is 5.91 Å². The van der Waals surface area contributed by atoms with E-state index in [2.05, 4.69) is 11.4 Å². The molecular formula is C11H19N3O2. The summed E-state index contributed by atoms with van der Waals surface area (Å²) in [7, 11) is 0. The first-order valence-corrected chi connectivity index (χ1v) is 5.77. The van der Waals surface area contributed by atoms with Crippen LogP contribution >= 0.6 is 0 Å². The first-order chi connectivity index (χ1) is 7.79. The van der Waals surface area contributed by atoms with Crippen molar-refractivity contribution in [2.45, 2.75) is 25.8 Å². The third-order valence-corrected chi connectivity index (χ3v) is 2.52. The molecule has 1 heterocycles. The smallest absolute Gasteiger partial charge is 0.226 e. The Morgan fingerprint density at radius 2 is 2.44 bits per heavy atom. The number of nitrogens with one attached hydrogen (secondary N) is 1. The molecule has 1 unspecified atom stereocenters. The van der Waals surface area contributed by atoms with Crippen molar-refractivity contribution in [1.29, 1.82) is 5.26 Å². The molecule has 90 valence electrons. The van der Waals surface area contributed by atoms with Crippen LogP contribution in [0.1, 0.15) is 19.8 Å². The first kappa shape index (κ1) is 12.9. The van der Waals surface area contributed by atoms with Gasteiger partial charge in [-0.1, -0.05) is 6.92 Å². The maximum Gasteiger partial charge on any atom is 0.226 e.